The van der Waals surface area contributed by atoms with Crippen LogP contribution in [-0.4, -0.2) is 38.9 Å². The number of hydrogen-bond donors (Lipinski definition) is 1. The van der Waals surface area contributed by atoms with Gasteiger partial charge in [-0.2, -0.15) is 0 Å². The number of aliphatic hydroxyl groups is 1. The highest BCUT2D eigenvalue weighted by molar-refractivity contribution is 7.92. The highest BCUT2D eigenvalue weighted by Crippen LogP contribution is 2.58. The summed E-state index contributed by atoms with van der Waals surface area (Å²) in [5, 5.41) is 11.6. The number of hydrogen-bond acceptors (Lipinski definition) is 6. The van der Waals surface area contributed by atoms with Gasteiger partial charge in [0.1, 0.15) is 22.3 Å². The normalized spacial score (nSPS) is 26.0. The Balaban J connectivity index is 1.83. The minimum absolute atomic E-state index is 0.0383. The van der Waals surface area contributed by atoms with Gasteiger partial charge in [-0.1, -0.05) is 61.4 Å². The number of carbonyl (C=O) groups is 1. The molecule has 0 unspecified atom stereocenters. The number of anilines is 1. The zero-order valence-electron chi connectivity index (χ0n) is 20.9. The van der Waals surface area contributed by atoms with E-state index >= 15 is 0 Å². The summed E-state index contributed by atoms with van der Waals surface area (Å²) in [6, 6.07) is 20.2. The Kier molecular flexibility index (Phi) is 6.51. The molecule has 1 N–H and O–H groups in total. The summed E-state index contributed by atoms with van der Waals surface area (Å²) in [6.45, 7) is 1.83. The fourth-order valence-electron chi connectivity index (χ4n) is 5.77. The van der Waals surface area contributed by atoms with E-state index in [-0.39, 0.29) is 16.1 Å². The molecule has 0 fully saturated rings. The predicted octanol–water partition coefficient (Wildman–Crippen LogP) is 4.57. The van der Waals surface area contributed by atoms with Gasteiger partial charge in [0.2, 0.25) is 0 Å². The molecule has 0 bridgehead atoms. The molecule has 0 saturated carbocycles. The molecule has 1 amide bonds. The van der Waals surface area contributed by atoms with Crippen molar-refractivity contribution in [2.75, 3.05) is 12.0 Å². The van der Waals surface area contributed by atoms with Crippen LogP contribution in [0, 0.1) is 24.2 Å². The van der Waals surface area contributed by atoms with E-state index in [1.54, 1.807) is 72.8 Å². The highest BCUT2D eigenvalue weighted by atomic mass is 32.2. The van der Waals surface area contributed by atoms with E-state index in [2.05, 4.69) is 5.92 Å². The highest BCUT2D eigenvalue weighted by Gasteiger charge is 2.66. The van der Waals surface area contributed by atoms with Gasteiger partial charge in [-0.25, -0.2) is 13.2 Å². The summed E-state index contributed by atoms with van der Waals surface area (Å²) < 4.78 is 38.5. The molecule has 194 valence electrons. The second kappa shape index (κ2) is 9.67. The Morgan fingerprint density at radius 1 is 1.00 bits per heavy atom. The quantitative estimate of drug-likeness (QED) is 0.393. The van der Waals surface area contributed by atoms with E-state index in [4.69, 9.17) is 15.9 Å². The summed E-state index contributed by atoms with van der Waals surface area (Å²) in [6.07, 6.45) is 7.09. The van der Waals surface area contributed by atoms with Crippen LogP contribution in [0.2, 0.25) is 0 Å². The van der Waals surface area contributed by atoms with Gasteiger partial charge in [0.25, 0.3) is 0 Å². The number of nitrogens with zero attached hydrogens (tertiary/aromatic N) is 1. The molecule has 3 aromatic carbocycles. The van der Waals surface area contributed by atoms with E-state index in [1.165, 1.54) is 30.2 Å². The monoisotopic (exact) mass is 529 g/mol. The average molecular weight is 530 g/mol. The van der Waals surface area contributed by atoms with E-state index < -0.39 is 44.7 Å². The first-order chi connectivity index (χ1) is 18.3. The molecule has 1 heterocycles. The van der Waals surface area contributed by atoms with Crippen LogP contribution in [0.5, 0.6) is 11.5 Å². The summed E-state index contributed by atoms with van der Waals surface area (Å²) in [7, 11) is -2.82. The third-order valence-electron chi connectivity index (χ3n) is 7.41. The lowest BCUT2D eigenvalue weighted by atomic mass is 9.65. The van der Waals surface area contributed by atoms with Crippen LogP contribution < -0.4 is 14.4 Å². The van der Waals surface area contributed by atoms with E-state index in [0.29, 0.717) is 11.5 Å². The van der Waals surface area contributed by atoms with E-state index in [0.717, 1.165) is 0 Å². The van der Waals surface area contributed by atoms with Crippen LogP contribution in [-0.2, 0) is 14.6 Å². The second-order valence-electron chi connectivity index (χ2n) is 9.37. The number of methoxy groups -OCH3 is 1. The van der Waals surface area contributed by atoms with Gasteiger partial charge in [-0.3, -0.25) is 4.90 Å². The topological polar surface area (TPSA) is 93.1 Å². The van der Waals surface area contributed by atoms with E-state index in [9.17, 15) is 18.3 Å². The summed E-state index contributed by atoms with van der Waals surface area (Å²) in [5.74, 6) is 2.01. The minimum Gasteiger partial charge on any atom is -0.497 e. The smallest absolute Gasteiger partial charge is 0.420 e. The maximum Gasteiger partial charge on any atom is 0.420 e. The molecule has 3 aromatic rings. The van der Waals surface area contributed by atoms with Crippen LogP contribution in [0.4, 0.5) is 10.5 Å². The molecule has 1 aliphatic carbocycles. The van der Waals surface area contributed by atoms with Gasteiger partial charge < -0.3 is 14.6 Å². The standard InChI is InChI=1S/C30H27NO6S/c1-4-25-28-20(2)15-18-27(32)30(28,38(34,35)23-13-9-6-10-14-23)24-19-22(36-3)16-17-26(24)31(25)29(33)37-21-11-7-5-8-12-21/h1,5-20,25,27-28,32H,2-3H3/t20-,25+,27+,28+,30-/m1/s1. The second-order valence-corrected chi connectivity index (χ2v) is 11.5. The molecule has 7 nitrogen and oxygen atoms in total. The van der Waals surface area contributed by atoms with Gasteiger partial charge in [-0.15, -0.1) is 6.42 Å². The molecular formula is C30H27NO6S. The van der Waals surface area contributed by atoms with Crippen LogP contribution in [0.1, 0.15) is 12.5 Å². The van der Waals surface area contributed by atoms with Crippen LogP contribution in [0.25, 0.3) is 0 Å². The summed E-state index contributed by atoms with van der Waals surface area (Å²) in [4.78, 5) is 15.0. The Hall–Kier alpha value is -4.06. The lowest BCUT2D eigenvalue weighted by Crippen LogP contribution is -2.65. The van der Waals surface area contributed by atoms with Crippen molar-refractivity contribution in [1.82, 2.24) is 0 Å². The Morgan fingerprint density at radius 3 is 2.29 bits per heavy atom. The van der Waals surface area contributed by atoms with Crippen LogP contribution in [0.3, 0.4) is 0 Å². The number of allylic oxidation sites excluding steroid dienone is 1. The summed E-state index contributed by atoms with van der Waals surface area (Å²) >= 11 is 0. The van der Waals surface area contributed by atoms with Crippen molar-refractivity contribution >= 4 is 21.6 Å². The number of ether oxygens (including phenoxy) is 2. The number of fused-ring (bicyclic) bond motifs is 3. The molecule has 0 saturated heterocycles. The molecule has 38 heavy (non-hydrogen) atoms. The number of carbonyl (C=O) groups excluding carboxylic acids is 1. The number of aliphatic hydroxyl groups excluding tert-OH is 1. The van der Waals surface area contributed by atoms with Crippen molar-refractivity contribution in [1.29, 1.82) is 0 Å². The third-order valence-corrected chi connectivity index (χ3v) is 9.93. The predicted molar refractivity (Wildman–Crippen MR) is 144 cm³/mol. The fraction of sp³-hybridized carbons (Fsp3) is 0.233. The van der Waals surface area contributed by atoms with Gasteiger partial charge in [-0.05, 0) is 48.4 Å². The lowest BCUT2D eigenvalue weighted by molar-refractivity contribution is 0.0890. The van der Waals surface area contributed by atoms with Crippen LogP contribution in [0.15, 0.2) is 95.9 Å². The number of para-hydroxylation sites is 1. The van der Waals surface area contributed by atoms with Crippen molar-refractivity contribution < 1.29 is 27.8 Å². The third kappa shape index (κ3) is 3.70. The van der Waals surface area contributed by atoms with Gasteiger partial charge in [0.05, 0.1) is 23.8 Å². The summed E-state index contributed by atoms with van der Waals surface area (Å²) in [5.41, 5.74) is 0.443. The molecule has 1 aliphatic heterocycles. The van der Waals surface area contributed by atoms with Crippen molar-refractivity contribution in [2.24, 2.45) is 11.8 Å². The van der Waals surface area contributed by atoms with Crippen molar-refractivity contribution in [3.63, 3.8) is 0 Å². The first-order valence-corrected chi connectivity index (χ1v) is 13.6. The maximum absolute atomic E-state index is 14.7. The van der Waals surface area contributed by atoms with Gasteiger partial charge in [0, 0.05) is 11.5 Å². The Morgan fingerprint density at radius 2 is 1.66 bits per heavy atom. The van der Waals surface area contributed by atoms with Crippen molar-refractivity contribution in [3.8, 4) is 23.8 Å². The zero-order chi connectivity index (χ0) is 27.1. The minimum atomic E-state index is -4.29. The first-order valence-electron chi connectivity index (χ1n) is 12.1. The van der Waals surface area contributed by atoms with Crippen LogP contribution >= 0.6 is 0 Å². The molecule has 8 heteroatoms. The number of benzene rings is 3. The molecule has 0 spiro atoms. The molecule has 2 aliphatic rings. The number of amides is 1. The number of terminal acetylenes is 1. The Bertz CT molecular complexity index is 1530. The van der Waals surface area contributed by atoms with E-state index in [1.807, 2.05) is 6.92 Å². The van der Waals surface area contributed by atoms with Gasteiger partial charge in [0.15, 0.2) is 9.84 Å². The molecule has 0 aromatic heterocycles. The fourth-order valence-corrected chi connectivity index (χ4v) is 8.23. The number of rotatable bonds is 4. The van der Waals surface area contributed by atoms with Crippen molar-refractivity contribution in [3.05, 3.63) is 96.6 Å². The maximum atomic E-state index is 14.7. The van der Waals surface area contributed by atoms with Gasteiger partial charge >= 0.3 is 6.09 Å². The zero-order valence-corrected chi connectivity index (χ0v) is 21.7. The largest absolute Gasteiger partial charge is 0.497 e. The molecule has 5 atom stereocenters. The lowest BCUT2D eigenvalue weighted by Gasteiger charge is -2.55. The Labute approximate surface area is 222 Å². The molecular weight excluding hydrogens is 502 g/mol. The molecule has 0 radical (unpaired) electrons. The molecule has 5 rings (SSSR count). The average Bonchev–Trinajstić information content (AvgIpc) is 2.94. The SMILES string of the molecule is C#C[C@H]1[C@@H]2[C@H](C)C=C[C@H](O)[C@]2(S(=O)(=O)c2ccccc2)c2cc(OC)ccc2N1C(=O)Oc1ccccc1. The number of sulfone groups is 1. The van der Waals surface area contributed by atoms with Crippen molar-refractivity contribution in [2.45, 2.75) is 28.7 Å². The first kappa shape index (κ1) is 25.6.